The highest BCUT2D eigenvalue weighted by Crippen LogP contribution is 2.22. The average molecular weight is 319 g/mol. The fraction of sp³-hybridized carbons (Fsp3) is 0.688. The van der Waals surface area contributed by atoms with Crippen LogP contribution in [0.2, 0.25) is 0 Å². The fourth-order valence-corrected chi connectivity index (χ4v) is 3.24. The molecule has 23 heavy (non-hydrogen) atoms. The van der Waals surface area contributed by atoms with Crippen molar-refractivity contribution in [2.75, 3.05) is 13.7 Å². The largest absolute Gasteiger partial charge is 0.377 e. The van der Waals surface area contributed by atoms with Gasteiger partial charge in [0.1, 0.15) is 12.4 Å². The normalized spacial score (nSPS) is 19.3. The molecule has 1 saturated heterocycles. The molecule has 1 aliphatic rings. The lowest BCUT2D eigenvalue weighted by molar-refractivity contribution is 0.113. The molecule has 0 unspecified atom stereocenters. The van der Waals surface area contributed by atoms with E-state index in [1.165, 1.54) is 19.3 Å². The Balaban J connectivity index is 1.58. The predicted octanol–water partition coefficient (Wildman–Crippen LogP) is 2.17. The van der Waals surface area contributed by atoms with Gasteiger partial charge < -0.3 is 13.8 Å². The molecule has 0 aromatic carbocycles. The topological polar surface area (TPSA) is 69.2 Å². The number of ether oxygens (including phenoxy) is 1. The number of likely N-dealkylation sites (tertiary alicyclic amines) is 1. The highest BCUT2D eigenvalue weighted by molar-refractivity contribution is 4.90. The van der Waals surface area contributed by atoms with E-state index in [4.69, 9.17) is 9.26 Å². The van der Waals surface area contributed by atoms with E-state index in [2.05, 4.69) is 37.7 Å². The van der Waals surface area contributed by atoms with Crippen molar-refractivity contribution in [3.05, 3.63) is 29.9 Å². The fourth-order valence-electron chi connectivity index (χ4n) is 3.24. The number of imidazole rings is 1. The van der Waals surface area contributed by atoms with E-state index < -0.39 is 0 Å². The summed E-state index contributed by atoms with van der Waals surface area (Å²) in [5, 5.41) is 3.94. The van der Waals surface area contributed by atoms with Crippen molar-refractivity contribution in [2.45, 2.75) is 58.3 Å². The molecule has 0 saturated carbocycles. The molecule has 1 fully saturated rings. The van der Waals surface area contributed by atoms with Gasteiger partial charge in [0.15, 0.2) is 5.82 Å². The molecule has 0 radical (unpaired) electrons. The van der Waals surface area contributed by atoms with Gasteiger partial charge in [0.05, 0.1) is 6.54 Å². The number of aromatic nitrogens is 4. The number of rotatable bonds is 7. The van der Waals surface area contributed by atoms with Crippen LogP contribution >= 0.6 is 0 Å². The first kappa shape index (κ1) is 16.1. The average Bonchev–Trinajstić information content (AvgIpc) is 3.16. The van der Waals surface area contributed by atoms with Crippen LogP contribution in [0.1, 0.15) is 43.2 Å². The van der Waals surface area contributed by atoms with Crippen LogP contribution in [0.25, 0.3) is 0 Å². The Bertz CT molecular complexity index is 609. The summed E-state index contributed by atoms with van der Waals surface area (Å²) in [7, 11) is 1.63. The number of methoxy groups -OCH3 is 1. The molecule has 7 heteroatoms. The smallest absolute Gasteiger partial charge is 0.240 e. The van der Waals surface area contributed by atoms with Crippen molar-refractivity contribution in [3.8, 4) is 0 Å². The molecule has 3 heterocycles. The highest BCUT2D eigenvalue weighted by atomic mass is 16.5. The molecular weight excluding hydrogens is 294 g/mol. The zero-order valence-corrected chi connectivity index (χ0v) is 13.9. The monoisotopic (exact) mass is 319 g/mol. The third kappa shape index (κ3) is 4.17. The Labute approximate surface area is 136 Å². The summed E-state index contributed by atoms with van der Waals surface area (Å²) in [4.78, 5) is 11.2. The molecule has 0 amide bonds. The van der Waals surface area contributed by atoms with Crippen molar-refractivity contribution in [1.29, 1.82) is 0 Å². The third-order valence-corrected chi connectivity index (χ3v) is 4.50. The Kier molecular flexibility index (Phi) is 5.40. The number of aryl methyl sites for hydroxylation is 2. The molecule has 3 rings (SSSR count). The Morgan fingerprint density at radius 3 is 3.09 bits per heavy atom. The van der Waals surface area contributed by atoms with E-state index in [9.17, 15) is 0 Å². The molecule has 0 spiro atoms. The summed E-state index contributed by atoms with van der Waals surface area (Å²) in [5.74, 6) is 2.38. The maximum absolute atomic E-state index is 5.34. The van der Waals surface area contributed by atoms with E-state index in [0.29, 0.717) is 24.4 Å². The molecule has 0 bridgehead atoms. The van der Waals surface area contributed by atoms with E-state index in [-0.39, 0.29) is 0 Å². The second kappa shape index (κ2) is 7.70. The summed E-state index contributed by atoms with van der Waals surface area (Å²) < 4.78 is 12.6. The lowest BCUT2D eigenvalue weighted by atomic mass is 9.99. The number of hydrogen-bond acceptors (Lipinski definition) is 6. The molecular formula is C16H25N5O2. The van der Waals surface area contributed by atoms with E-state index in [0.717, 1.165) is 31.9 Å². The summed E-state index contributed by atoms with van der Waals surface area (Å²) in [6.07, 6.45) is 8.80. The van der Waals surface area contributed by atoms with E-state index in [1.807, 2.05) is 6.20 Å². The maximum Gasteiger partial charge on any atom is 0.240 e. The first-order valence-corrected chi connectivity index (χ1v) is 8.28. The van der Waals surface area contributed by atoms with Crippen LogP contribution in [0.15, 0.2) is 16.9 Å². The Morgan fingerprint density at radius 2 is 2.30 bits per heavy atom. The minimum absolute atomic E-state index is 0.396. The molecule has 2 aromatic rings. The SMILES string of the molecule is COCc1noc(CN2CCCC[C@@H]2CCn2ccnc2C)n1. The van der Waals surface area contributed by atoms with Crippen LogP contribution in [0.3, 0.4) is 0 Å². The second-order valence-corrected chi connectivity index (χ2v) is 6.11. The zero-order chi connectivity index (χ0) is 16.1. The van der Waals surface area contributed by atoms with Gasteiger partial charge in [0, 0.05) is 32.1 Å². The third-order valence-electron chi connectivity index (χ3n) is 4.50. The lowest BCUT2D eigenvalue weighted by Crippen LogP contribution is -2.39. The van der Waals surface area contributed by atoms with Gasteiger partial charge in [-0.15, -0.1) is 0 Å². The molecule has 126 valence electrons. The summed E-state index contributed by atoms with van der Waals surface area (Å²) in [5.41, 5.74) is 0. The van der Waals surface area contributed by atoms with Crippen LogP contribution < -0.4 is 0 Å². The molecule has 7 nitrogen and oxygen atoms in total. The van der Waals surface area contributed by atoms with Gasteiger partial charge in [-0.25, -0.2) is 4.98 Å². The minimum Gasteiger partial charge on any atom is -0.377 e. The van der Waals surface area contributed by atoms with Gasteiger partial charge in [-0.05, 0) is 32.7 Å². The molecule has 0 aliphatic carbocycles. The number of hydrogen-bond donors (Lipinski definition) is 0. The van der Waals surface area contributed by atoms with Crippen LogP contribution in [-0.4, -0.2) is 44.3 Å². The molecule has 2 aromatic heterocycles. The summed E-state index contributed by atoms with van der Waals surface area (Å²) in [6, 6.07) is 0.559. The van der Waals surface area contributed by atoms with Crippen molar-refractivity contribution in [3.63, 3.8) is 0 Å². The number of nitrogens with zero attached hydrogens (tertiary/aromatic N) is 5. The molecule has 1 atom stereocenters. The lowest BCUT2D eigenvalue weighted by Gasteiger charge is -2.34. The van der Waals surface area contributed by atoms with Gasteiger partial charge in [0.2, 0.25) is 5.89 Å². The van der Waals surface area contributed by atoms with Gasteiger partial charge >= 0.3 is 0 Å². The van der Waals surface area contributed by atoms with Crippen LogP contribution in [0.5, 0.6) is 0 Å². The van der Waals surface area contributed by atoms with Crippen LogP contribution in [-0.2, 0) is 24.4 Å². The van der Waals surface area contributed by atoms with Crippen LogP contribution in [0, 0.1) is 6.92 Å². The van der Waals surface area contributed by atoms with Gasteiger partial charge in [-0.3, -0.25) is 4.90 Å². The zero-order valence-electron chi connectivity index (χ0n) is 13.9. The van der Waals surface area contributed by atoms with Crippen molar-refractivity contribution in [1.82, 2.24) is 24.6 Å². The van der Waals surface area contributed by atoms with Gasteiger partial charge in [-0.1, -0.05) is 11.6 Å². The minimum atomic E-state index is 0.396. The van der Waals surface area contributed by atoms with E-state index >= 15 is 0 Å². The van der Waals surface area contributed by atoms with Crippen molar-refractivity contribution >= 4 is 0 Å². The summed E-state index contributed by atoms with van der Waals surface area (Å²) >= 11 is 0. The quantitative estimate of drug-likeness (QED) is 0.779. The van der Waals surface area contributed by atoms with Crippen LogP contribution in [0.4, 0.5) is 0 Å². The van der Waals surface area contributed by atoms with Crippen molar-refractivity contribution < 1.29 is 9.26 Å². The first-order chi connectivity index (χ1) is 11.3. The standard InChI is InChI=1S/C16H25N5O2/c1-13-17-7-10-20(13)9-6-14-5-3-4-8-21(14)11-16-18-15(12-22-2)19-23-16/h7,10,14H,3-6,8-9,11-12H2,1-2H3/t14-/m1/s1. The maximum atomic E-state index is 5.34. The van der Waals surface area contributed by atoms with Gasteiger partial charge in [-0.2, -0.15) is 4.98 Å². The van der Waals surface area contributed by atoms with E-state index in [1.54, 1.807) is 7.11 Å². The second-order valence-electron chi connectivity index (χ2n) is 6.11. The summed E-state index contributed by atoms with van der Waals surface area (Å²) in [6.45, 7) is 5.27. The van der Waals surface area contributed by atoms with Crippen molar-refractivity contribution in [2.24, 2.45) is 0 Å². The van der Waals surface area contributed by atoms with Gasteiger partial charge in [0.25, 0.3) is 0 Å². The Hall–Kier alpha value is -1.73. The predicted molar refractivity (Wildman–Crippen MR) is 84.6 cm³/mol. The molecule has 0 N–H and O–H groups in total. The number of piperidine rings is 1. The Morgan fingerprint density at radius 1 is 1.39 bits per heavy atom. The first-order valence-electron chi connectivity index (χ1n) is 8.28. The highest BCUT2D eigenvalue weighted by Gasteiger charge is 2.24. The molecule has 1 aliphatic heterocycles.